The van der Waals surface area contributed by atoms with Crippen molar-refractivity contribution in [2.45, 2.75) is 63.6 Å². The minimum Gasteiger partial charge on any atom is -0.383 e. The Labute approximate surface area is 112 Å². The van der Waals surface area contributed by atoms with Crippen LogP contribution in [0.2, 0.25) is 0 Å². The van der Waals surface area contributed by atoms with Crippen LogP contribution < -0.4 is 5.32 Å². The summed E-state index contributed by atoms with van der Waals surface area (Å²) in [6.07, 6.45) is 8.27. The van der Waals surface area contributed by atoms with E-state index in [1.807, 2.05) is 7.11 Å². The second kappa shape index (κ2) is 6.88. The van der Waals surface area contributed by atoms with Gasteiger partial charge in [0.05, 0.1) is 6.61 Å². The molecule has 3 heteroatoms. The van der Waals surface area contributed by atoms with Gasteiger partial charge in [0.25, 0.3) is 0 Å². The maximum absolute atomic E-state index is 5.41. The molecule has 0 heterocycles. The van der Waals surface area contributed by atoms with E-state index in [0.29, 0.717) is 6.04 Å². The van der Waals surface area contributed by atoms with Crippen molar-refractivity contribution in [2.24, 2.45) is 5.92 Å². The van der Waals surface area contributed by atoms with Crippen molar-refractivity contribution in [3.05, 3.63) is 0 Å². The Morgan fingerprint density at radius 2 is 2.06 bits per heavy atom. The lowest BCUT2D eigenvalue weighted by atomic mass is 9.86. The summed E-state index contributed by atoms with van der Waals surface area (Å²) in [4.78, 5) is 2.58. The number of ether oxygens (including phenoxy) is 1. The number of nitrogens with one attached hydrogen (secondary N) is 1. The molecule has 0 aromatic heterocycles. The van der Waals surface area contributed by atoms with Crippen LogP contribution in [0, 0.1) is 5.92 Å². The largest absolute Gasteiger partial charge is 0.383 e. The van der Waals surface area contributed by atoms with Crippen molar-refractivity contribution in [3.63, 3.8) is 0 Å². The Morgan fingerprint density at radius 3 is 2.67 bits per heavy atom. The van der Waals surface area contributed by atoms with E-state index in [1.54, 1.807) is 0 Å². The zero-order chi connectivity index (χ0) is 13.0. The molecule has 0 aromatic rings. The molecular formula is C15H30N2O. The van der Waals surface area contributed by atoms with Gasteiger partial charge in [0.2, 0.25) is 0 Å². The van der Waals surface area contributed by atoms with Crippen LogP contribution in [0.1, 0.15) is 45.4 Å². The highest BCUT2D eigenvalue weighted by molar-refractivity contribution is 4.86. The fraction of sp³-hybridized carbons (Fsp3) is 1.00. The monoisotopic (exact) mass is 254 g/mol. The van der Waals surface area contributed by atoms with E-state index in [9.17, 15) is 0 Å². The Balaban J connectivity index is 1.82. The maximum Gasteiger partial charge on any atom is 0.0630 e. The smallest absolute Gasteiger partial charge is 0.0630 e. The van der Waals surface area contributed by atoms with Crippen LogP contribution in [-0.4, -0.2) is 50.3 Å². The molecule has 106 valence electrons. The first-order chi connectivity index (χ1) is 8.70. The first-order valence-electron chi connectivity index (χ1n) is 7.65. The topological polar surface area (TPSA) is 24.5 Å². The summed E-state index contributed by atoms with van der Waals surface area (Å²) in [6, 6.07) is 2.09. The number of rotatable bonds is 7. The van der Waals surface area contributed by atoms with Crippen LogP contribution in [0.3, 0.4) is 0 Å². The molecular weight excluding hydrogens is 224 g/mol. The first kappa shape index (κ1) is 14.3. The van der Waals surface area contributed by atoms with Gasteiger partial charge in [-0.3, -0.25) is 4.90 Å². The van der Waals surface area contributed by atoms with Gasteiger partial charge in [0.15, 0.2) is 0 Å². The van der Waals surface area contributed by atoms with Gasteiger partial charge in [-0.15, -0.1) is 0 Å². The average Bonchev–Trinajstić information content (AvgIpc) is 3.17. The highest BCUT2D eigenvalue weighted by Gasteiger charge is 2.28. The number of methoxy groups -OCH3 is 1. The second-order valence-corrected chi connectivity index (χ2v) is 6.38. The molecule has 3 nitrogen and oxygen atoms in total. The first-order valence-corrected chi connectivity index (χ1v) is 7.65. The van der Waals surface area contributed by atoms with Crippen molar-refractivity contribution >= 4 is 0 Å². The summed E-state index contributed by atoms with van der Waals surface area (Å²) in [6.45, 7) is 4.33. The third-order valence-electron chi connectivity index (χ3n) is 4.64. The van der Waals surface area contributed by atoms with E-state index in [1.165, 1.54) is 38.5 Å². The molecule has 0 spiro atoms. The molecule has 2 rings (SSSR count). The van der Waals surface area contributed by atoms with Crippen molar-refractivity contribution in [3.8, 4) is 0 Å². The molecule has 0 bridgehead atoms. The lowest BCUT2D eigenvalue weighted by molar-refractivity contribution is 0.0584. The van der Waals surface area contributed by atoms with Crippen LogP contribution in [0.4, 0.5) is 0 Å². The summed E-state index contributed by atoms with van der Waals surface area (Å²) < 4.78 is 5.41. The lowest BCUT2D eigenvalue weighted by Crippen LogP contribution is -2.49. The maximum atomic E-state index is 5.41. The molecule has 3 unspecified atom stereocenters. The van der Waals surface area contributed by atoms with Gasteiger partial charge in [0, 0.05) is 31.8 Å². The third-order valence-corrected chi connectivity index (χ3v) is 4.64. The van der Waals surface area contributed by atoms with Gasteiger partial charge >= 0.3 is 0 Å². The predicted octanol–water partition coefficient (Wildman–Crippen LogP) is 2.26. The molecule has 2 aliphatic carbocycles. The molecule has 0 saturated heterocycles. The van der Waals surface area contributed by atoms with Gasteiger partial charge in [-0.1, -0.05) is 19.8 Å². The normalized spacial score (nSPS) is 30.7. The highest BCUT2D eigenvalue weighted by atomic mass is 16.5. The number of hydrogen-bond acceptors (Lipinski definition) is 3. The van der Waals surface area contributed by atoms with Crippen molar-refractivity contribution in [2.75, 3.05) is 27.3 Å². The van der Waals surface area contributed by atoms with Crippen LogP contribution in [-0.2, 0) is 4.74 Å². The summed E-state index contributed by atoms with van der Waals surface area (Å²) in [5.41, 5.74) is 0. The van der Waals surface area contributed by atoms with Crippen LogP contribution >= 0.6 is 0 Å². The van der Waals surface area contributed by atoms with Crippen molar-refractivity contribution in [1.29, 1.82) is 0 Å². The standard InChI is InChI=1S/C15H30N2O/c1-12-5-4-6-14(9-12)17(2)15(11-18-3)10-16-13-7-8-13/h12-16H,4-11H2,1-3H3. The van der Waals surface area contributed by atoms with Gasteiger partial charge in [-0.05, 0) is 38.6 Å². The van der Waals surface area contributed by atoms with Gasteiger partial charge in [-0.2, -0.15) is 0 Å². The van der Waals surface area contributed by atoms with E-state index in [-0.39, 0.29) is 0 Å². The van der Waals surface area contributed by atoms with Crippen LogP contribution in [0.5, 0.6) is 0 Å². The fourth-order valence-corrected chi connectivity index (χ4v) is 3.17. The zero-order valence-corrected chi connectivity index (χ0v) is 12.3. The lowest BCUT2D eigenvalue weighted by Gasteiger charge is -2.39. The summed E-state index contributed by atoms with van der Waals surface area (Å²) in [7, 11) is 4.11. The number of nitrogens with zero attached hydrogens (tertiary/aromatic N) is 1. The summed E-state index contributed by atoms with van der Waals surface area (Å²) >= 11 is 0. The van der Waals surface area contributed by atoms with E-state index >= 15 is 0 Å². The SMILES string of the molecule is COCC(CNC1CC1)N(C)C1CCCC(C)C1. The molecule has 3 atom stereocenters. The Kier molecular flexibility index (Phi) is 5.46. The Morgan fingerprint density at radius 1 is 1.28 bits per heavy atom. The van der Waals surface area contributed by atoms with E-state index < -0.39 is 0 Å². The minimum absolute atomic E-state index is 0.533. The highest BCUT2D eigenvalue weighted by Crippen LogP contribution is 2.28. The molecule has 2 fully saturated rings. The van der Waals surface area contributed by atoms with Gasteiger partial charge < -0.3 is 10.1 Å². The van der Waals surface area contributed by atoms with Crippen molar-refractivity contribution < 1.29 is 4.74 Å². The molecule has 0 amide bonds. The minimum atomic E-state index is 0.533. The van der Waals surface area contributed by atoms with Crippen LogP contribution in [0.15, 0.2) is 0 Å². The summed E-state index contributed by atoms with van der Waals surface area (Å²) in [5.74, 6) is 0.894. The van der Waals surface area contributed by atoms with Crippen molar-refractivity contribution in [1.82, 2.24) is 10.2 Å². The van der Waals surface area contributed by atoms with Gasteiger partial charge in [0.1, 0.15) is 0 Å². The van der Waals surface area contributed by atoms with E-state index in [0.717, 1.165) is 31.2 Å². The molecule has 2 aliphatic rings. The Bertz CT molecular complexity index is 243. The van der Waals surface area contributed by atoms with E-state index in [4.69, 9.17) is 4.74 Å². The molecule has 0 aliphatic heterocycles. The quantitative estimate of drug-likeness (QED) is 0.754. The number of likely N-dealkylation sites (N-methyl/N-ethyl adjacent to an activating group) is 1. The van der Waals surface area contributed by atoms with Crippen LogP contribution in [0.25, 0.3) is 0 Å². The van der Waals surface area contributed by atoms with E-state index in [2.05, 4.69) is 24.2 Å². The molecule has 18 heavy (non-hydrogen) atoms. The zero-order valence-electron chi connectivity index (χ0n) is 12.3. The third kappa shape index (κ3) is 4.22. The molecule has 1 N–H and O–H groups in total. The number of hydrogen-bond donors (Lipinski definition) is 1. The Hall–Kier alpha value is -0.120. The average molecular weight is 254 g/mol. The predicted molar refractivity (Wildman–Crippen MR) is 75.9 cm³/mol. The molecule has 0 aromatic carbocycles. The molecule has 0 radical (unpaired) electrons. The van der Waals surface area contributed by atoms with Gasteiger partial charge in [-0.25, -0.2) is 0 Å². The second-order valence-electron chi connectivity index (χ2n) is 6.38. The molecule has 2 saturated carbocycles. The fourth-order valence-electron chi connectivity index (χ4n) is 3.17. The summed E-state index contributed by atoms with van der Waals surface area (Å²) in [5, 5.41) is 3.65.